The van der Waals surface area contributed by atoms with E-state index in [0.717, 1.165) is 19.5 Å². The minimum atomic E-state index is -0.140. The van der Waals surface area contributed by atoms with Crippen LogP contribution in [0.15, 0.2) is 29.2 Å². The Hall–Kier alpha value is -1.33. The van der Waals surface area contributed by atoms with E-state index in [1.165, 1.54) is 10.6 Å². The Labute approximate surface area is 112 Å². The molecule has 2 heterocycles. The first-order valence-corrected chi connectivity index (χ1v) is 5.80. The van der Waals surface area contributed by atoms with Crippen LogP contribution in [0.1, 0.15) is 6.42 Å². The third-order valence-corrected chi connectivity index (χ3v) is 3.18. The van der Waals surface area contributed by atoms with Crippen LogP contribution in [0.3, 0.4) is 0 Å². The molecule has 1 aromatic rings. The summed E-state index contributed by atoms with van der Waals surface area (Å²) in [7, 11) is 1.80. The van der Waals surface area contributed by atoms with Crippen molar-refractivity contribution in [3.8, 4) is 0 Å². The molecule has 0 bridgehead atoms. The second-order valence-corrected chi connectivity index (χ2v) is 4.32. The van der Waals surface area contributed by atoms with Gasteiger partial charge in [0.2, 0.25) is 5.91 Å². The summed E-state index contributed by atoms with van der Waals surface area (Å²) in [5.74, 6) is -0.0213. The highest BCUT2D eigenvalue weighted by Gasteiger charge is 2.23. The number of halogens is 1. The molecule has 1 aliphatic rings. The number of nitrogens with one attached hydrogen (secondary N) is 1. The quantitative estimate of drug-likeness (QED) is 0.848. The van der Waals surface area contributed by atoms with Gasteiger partial charge in [-0.25, -0.2) is 0 Å². The van der Waals surface area contributed by atoms with Gasteiger partial charge in [0.1, 0.15) is 6.54 Å². The number of likely N-dealkylation sites (N-methyl/N-ethyl adjacent to an activating group) is 1. The number of rotatable bonds is 3. The molecule has 1 amide bonds. The van der Waals surface area contributed by atoms with Crippen molar-refractivity contribution in [2.24, 2.45) is 0 Å². The van der Waals surface area contributed by atoms with Gasteiger partial charge in [-0.05, 0) is 19.0 Å². The Morgan fingerprint density at radius 1 is 1.56 bits per heavy atom. The minimum absolute atomic E-state index is 0. The van der Waals surface area contributed by atoms with Crippen molar-refractivity contribution < 1.29 is 4.79 Å². The molecule has 1 fully saturated rings. The molecule has 100 valence electrons. The predicted octanol–water partition coefficient (Wildman–Crippen LogP) is 0.0904. The molecule has 1 aromatic heterocycles. The van der Waals surface area contributed by atoms with Gasteiger partial charge in [-0.3, -0.25) is 9.59 Å². The highest BCUT2D eigenvalue weighted by molar-refractivity contribution is 5.85. The van der Waals surface area contributed by atoms with E-state index in [-0.39, 0.29) is 36.5 Å². The summed E-state index contributed by atoms with van der Waals surface area (Å²) in [6.45, 7) is 1.91. The first-order chi connectivity index (χ1) is 8.18. The minimum Gasteiger partial charge on any atom is -0.340 e. The molecule has 0 aliphatic carbocycles. The van der Waals surface area contributed by atoms with Crippen molar-refractivity contribution in [1.82, 2.24) is 14.8 Å². The van der Waals surface area contributed by atoms with Crippen molar-refractivity contribution in [1.29, 1.82) is 0 Å². The molecular formula is C12H18ClN3O2. The predicted molar refractivity (Wildman–Crippen MR) is 72.0 cm³/mol. The summed E-state index contributed by atoms with van der Waals surface area (Å²) in [5.41, 5.74) is -0.140. The molecule has 6 heteroatoms. The van der Waals surface area contributed by atoms with E-state index < -0.39 is 0 Å². The molecule has 0 radical (unpaired) electrons. The van der Waals surface area contributed by atoms with Gasteiger partial charge < -0.3 is 14.8 Å². The summed E-state index contributed by atoms with van der Waals surface area (Å²) in [6, 6.07) is 5.14. The van der Waals surface area contributed by atoms with Gasteiger partial charge in [-0.1, -0.05) is 6.07 Å². The topological polar surface area (TPSA) is 54.3 Å². The molecule has 5 nitrogen and oxygen atoms in total. The van der Waals surface area contributed by atoms with Crippen molar-refractivity contribution >= 4 is 18.3 Å². The molecule has 0 aromatic carbocycles. The van der Waals surface area contributed by atoms with Crippen LogP contribution < -0.4 is 10.9 Å². The summed E-state index contributed by atoms with van der Waals surface area (Å²) in [5, 5.41) is 3.22. The Kier molecular flexibility index (Phi) is 5.37. The first kappa shape index (κ1) is 14.7. The van der Waals surface area contributed by atoms with Gasteiger partial charge in [0.25, 0.3) is 5.56 Å². The zero-order valence-corrected chi connectivity index (χ0v) is 11.2. The van der Waals surface area contributed by atoms with Gasteiger partial charge in [0.05, 0.1) is 0 Å². The van der Waals surface area contributed by atoms with E-state index in [4.69, 9.17) is 0 Å². The fourth-order valence-corrected chi connectivity index (χ4v) is 2.02. The third kappa shape index (κ3) is 3.34. The molecule has 0 saturated carbocycles. The Morgan fingerprint density at radius 3 is 2.94 bits per heavy atom. The van der Waals surface area contributed by atoms with Gasteiger partial charge in [-0.2, -0.15) is 0 Å². The van der Waals surface area contributed by atoms with Crippen molar-refractivity contribution in [2.75, 3.05) is 20.1 Å². The second-order valence-electron chi connectivity index (χ2n) is 4.32. The normalized spacial score (nSPS) is 18.2. The molecular weight excluding hydrogens is 254 g/mol. The second kappa shape index (κ2) is 6.56. The number of amides is 1. The largest absolute Gasteiger partial charge is 0.340 e. The van der Waals surface area contributed by atoms with Crippen molar-refractivity contribution in [2.45, 2.75) is 19.0 Å². The lowest BCUT2D eigenvalue weighted by Crippen LogP contribution is -2.41. The Bertz CT molecular complexity index is 455. The number of carbonyl (C=O) groups is 1. The summed E-state index contributed by atoms with van der Waals surface area (Å²) in [6.07, 6.45) is 2.62. The summed E-state index contributed by atoms with van der Waals surface area (Å²) >= 11 is 0. The lowest BCUT2D eigenvalue weighted by Gasteiger charge is -2.24. The molecule has 1 atom stereocenters. The SMILES string of the molecule is CN(C(=O)Cn1ccccc1=O)C1CCNC1.Cl. The van der Waals surface area contributed by atoms with E-state index in [0.29, 0.717) is 0 Å². The maximum absolute atomic E-state index is 12.0. The molecule has 1 N–H and O–H groups in total. The van der Waals surface area contributed by atoms with Crippen LogP contribution >= 0.6 is 12.4 Å². The van der Waals surface area contributed by atoms with Gasteiger partial charge >= 0.3 is 0 Å². The number of nitrogens with zero attached hydrogens (tertiary/aromatic N) is 2. The van der Waals surface area contributed by atoms with E-state index in [1.807, 2.05) is 0 Å². The molecule has 1 saturated heterocycles. The average Bonchev–Trinajstić information content (AvgIpc) is 2.84. The van der Waals surface area contributed by atoms with Gasteiger partial charge in [-0.15, -0.1) is 12.4 Å². The number of hydrogen-bond donors (Lipinski definition) is 1. The number of aromatic nitrogens is 1. The first-order valence-electron chi connectivity index (χ1n) is 5.80. The number of pyridine rings is 1. The van der Waals surface area contributed by atoms with E-state index in [1.54, 1.807) is 30.3 Å². The van der Waals surface area contributed by atoms with Crippen LogP contribution in [0.5, 0.6) is 0 Å². The van der Waals surface area contributed by atoms with E-state index in [9.17, 15) is 9.59 Å². The molecule has 2 rings (SSSR count). The van der Waals surface area contributed by atoms with Gasteiger partial charge in [0.15, 0.2) is 0 Å². The van der Waals surface area contributed by atoms with E-state index >= 15 is 0 Å². The zero-order valence-electron chi connectivity index (χ0n) is 10.3. The van der Waals surface area contributed by atoms with Crippen molar-refractivity contribution in [3.63, 3.8) is 0 Å². The fraction of sp³-hybridized carbons (Fsp3) is 0.500. The monoisotopic (exact) mass is 271 g/mol. The molecule has 18 heavy (non-hydrogen) atoms. The summed E-state index contributed by atoms with van der Waals surface area (Å²) < 4.78 is 1.43. The average molecular weight is 272 g/mol. The maximum atomic E-state index is 12.0. The zero-order chi connectivity index (χ0) is 12.3. The molecule has 1 aliphatic heterocycles. The third-order valence-electron chi connectivity index (χ3n) is 3.18. The highest BCUT2D eigenvalue weighted by atomic mass is 35.5. The number of carbonyl (C=O) groups excluding carboxylic acids is 1. The lowest BCUT2D eigenvalue weighted by atomic mass is 10.2. The number of hydrogen-bond acceptors (Lipinski definition) is 3. The van der Waals surface area contributed by atoms with Gasteiger partial charge in [0, 0.05) is 31.9 Å². The Morgan fingerprint density at radius 2 is 2.33 bits per heavy atom. The van der Waals surface area contributed by atoms with Crippen LogP contribution in [0, 0.1) is 0 Å². The van der Waals surface area contributed by atoms with Crippen molar-refractivity contribution in [3.05, 3.63) is 34.7 Å². The fourth-order valence-electron chi connectivity index (χ4n) is 2.02. The van der Waals surface area contributed by atoms with Crippen LogP contribution in [-0.2, 0) is 11.3 Å². The standard InChI is InChI=1S/C12H17N3O2.ClH/c1-14(10-5-6-13-8-10)12(17)9-15-7-3-2-4-11(15)16;/h2-4,7,10,13H,5-6,8-9H2,1H3;1H. The molecule has 1 unspecified atom stereocenters. The lowest BCUT2D eigenvalue weighted by molar-refractivity contribution is -0.132. The van der Waals surface area contributed by atoms with Crippen LogP contribution in [0.4, 0.5) is 0 Å². The van der Waals surface area contributed by atoms with Crippen LogP contribution in [0.25, 0.3) is 0 Å². The summed E-state index contributed by atoms with van der Waals surface area (Å²) in [4.78, 5) is 25.2. The molecule has 0 spiro atoms. The van der Waals surface area contributed by atoms with Crippen LogP contribution in [0.2, 0.25) is 0 Å². The van der Waals surface area contributed by atoms with E-state index in [2.05, 4.69) is 5.32 Å². The maximum Gasteiger partial charge on any atom is 0.250 e. The Balaban J connectivity index is 0.00000162. The van der Waals surface area contributed by atoms with Crippen LogP contribution in [-0.4, -0.2) is 41.6 Å². The highest BCUT2D eigenvalue weighted by Crippen LogP contribution is 2.06. The smallest absolute Gasteiger partial charge is 0.250 e.